The van der Waals surface area contributed by atoms with Gasteiger partial charge in [0.25, 0.3) is 0 Å². The lowest BCUT2D eigenvalue weighted by Gasteiger charge is -2.43. The molecule has 2 N–H and O–H groups in total. The molecule has 184 valence electrons. The Hall–Kier alpha value is -1.43. The van der Waals surface area contributed by atoms with E-state index in [0.29, 0.717) is 12.5 Å². The maximum Gasteiger partial charge on any atom is 0.135 e. The Morgan fingerprint density at radius 3 is 2.68 bits per heavy atom. The number of nitrogens with one attached hydrogen (secondary N) is 1. The third-order valence-corrected chi connectivity index (χ3v) is 9.05. The van der Waals surface area contributed by atoms with Crippen LogP contribution in [0.1, 0.15) is 60.3 Å². The van der Waals surface area contributed by atoms with E-state index < -0.39 is 6.10 Å². The molecule has 0 radical (unpaired) electrons. The van der Waals surface area contributed by atoms with E-state index in [1.807, 2.05) is 6.07 Å². The molecule has 2 saturated heterocycles. The molecular weight excluding hydrogens is 518 g/mol. The zero-order valence-electron chi connectivity index (χ0n) is 19.4. The van der Waals surface area contributed by atoms with Crippen molar-refractivity contribution in [1.82, 2.24) is 20.2 Å². The van der Waals surface area contributed by atoms with E-state index in [9.17, 15) is 9.90 Å². The van der Waals surface area contributed by atoms with E-state index >= 15 is 0 Å². The van der Waals surface area contributed by atoms with Gasteiger partial charge in [0.05, 0.1) is 27.7 Å². The number of aliphatic hydroxyl groups excluding tert-OH is 1. The number of carbonyl (C=O) groups is 1. The summed E-state index contributed by atoms with van der Waals surface area (Å²) in [6.07, 6.45) is 4.74. The molecule has 2 aliphatic heterocycles. The van der Waals surface area contributed by atoms with Crippen LogP contribution >= 0.6 is 27.3 Å². The summed E-state index contributed by atoms with van der Waals surface area (Å²) in [5.74, 6) is 0.972. The standard InChI is InChI=1S/C24H32BrN5O3S/c1-15-12-18(32)22-21(15)24(27-14-26-22)30-8-6-29(7-9-30)23(28-16-4-10-33-11-5-16)17(13-31)19-2-3-20(25)34-19/h2-3,13-18,23,28,32H,4-12H2,1H3/t15-,17?,18-,23?/m1/s1. The lowest BCUT2D eigenvalue weighted by molar-refractivity contribution is -0.111. The first-order valence-corrected chi connectivity index (χ1v) is 13.7. The van der Waals surface area contributed by atoms with Crippen LogP contribution in [-0.2, 0) is 9.53 Å². The van der Waals surface area contributed by atoms with Crippen molar-refractivity contribution in [3.05, 3.63) is 38.4 Å². The Labute approximate surface area is 212 Å². The zero-order valence-corrected chi connectivity index (χ0v) is 21.8. The van der Waals surface area contributed by atoms with Gasteiger partial charge in [-0.2, -0.15) is 0 Å². The summed E-state index contributed by atoms with van der Waals surface area (Å²) in [6, 6.07) is 4.42. The van der Waals surface area contributed by atoms with Crippen LogP contribution in [0.15, 0.2) is 22.2 Å². The lowest BCUT2D eigenvalue weighted by Crippen LogP contribution is -2.59. The van der Waals surface area contributed by atoms with Gasteiger partial charge in [-0.3, -0.25) is 10.2 Å². The maximum atomic E-state index is 12.4. The van der Waals surface area contributed by atoms with Crippen LogP contribution in [-0.4, -0.2) is 77.9 Å². The lowest BCUT2D eigenvalue weighted by atomic mass is 10.0. The molecule has 34 heavy (non-hydrogen) atoms. The average molecular weight is 551 g/mol. The number of aromatic nitrogens is 2. The number of aliphatic hydroxyl groups is 1. The zero-order chi connectivity index (χ0) is 23.7. The van der Waals surface area contributed by atoms with Gasteiger partial charge in [-0.15, -0.1) is 11.3 Å². The molecule has 0 saturated carbocycles. The number of aldehydes is 1. The molecule has 2 unspecified atom stereocenters. The number of thiophene rings is 1. The Morgan fingerprint density at radius 2 is 2.00 bits per heavy atom. The number of hydrogen-bond donors (Lipinski definition) is 2. The molecule has 0 amide bonds. The first-order chi connectivity index (χ1) is 16.5. The van der Waals surface area contributed by atoms with E-state index in [2.05, 4.69) is 54.0 Å². The second-order valence-electron chi connectivity index (χ2n) is 9.47. The maximum absolute atomic E-state index is 12.4. The molecule has 4 heterocycles. The van der Waals surface area contributed by atoms with Gasteiger partial charge in [0, 0.05) is 55.9 Å². The number of halogens is 1. The number of carbonyl (C=O) groups excluding carboxylic acids is 1. The fourth-order valence-corrected chi connectivity index (χ4v) is 7.02. The van der Waals surface area contributed by atoms with Crippen molar-refractivity contribution >= 4 is 39.4 Å². The SMILES string of the molecule is C[C@@H]1C[C@@H](O)c2ncnc(N3CCN(C(NC4CCOCC4)C(C=O)c4ccc(Br)s4)CC3)c21. The normalized spacial score (nSPS) is 25.8. The van der Waals surface area contributed by atoms with Gasteiger partial charge in [0.1, 0.15) is 18.4 Å². The Kier molecular flexibility index (Phi) is 7.62. The molecule has 3 aliphatic rings. The Morgan fingerprint density at radius 1 is 1.24 bits per heavy atom. The second-order valence-corrected chi connectivity index (χ2v) is 12.0. The van der Waals surface area contributed by atoms with Gasteiger partial charge >= 0.3 is 0 Å². The van der Waals surface area contributed by atoms with Gasteiger partial charge in [0.2, 0.25) is 0 Å². The molecule has 0 spiro atoms. The molecule has 0 aromatic carbocycles. The minimum atomic E-state index is -0.500. The van der Waals surface area contributed by atoms with Crippen LogP contribution in [0, 0.1) is 0 Å². The van der Waals surface area contributed by atoms with Crippen LogP contribution in [0.2, 0.25) is 0 Å². The van der Waals surface area contributed by atoms with Gasteiger partial charge in [-0.25, -0.2) is 9.97 Å². The van der Waals surface area contributed by atoms with Crippen LogP contribution in [0.4, 0.5) is 5.82 Å². The summed E-state index contributed by atoms with van der Waals surface area (Å²) >= 11 is 5.19. The minimum Gasteiger partial charge on any atom is -0.387 e. The van der Waals surface area contributed by atoms with Crippen LogP contribution in [0.5, 0.6) is 0 Å². The van der Waals surface area contributed by atoms with Crippen molar-refractivity contribution in [1.29, 1.82) is 0 Å². The van der Waals surface area contributed by atoms with Gasteiger partial charge < -0.3 is 19.5 Å². The van der Waals surface area contributed by atoms with Crippen molar-refractivity contribution in [3.63, 3.8) is 0 Å². The third kappa shape index (κ3) is 4.94. The fraction of sp³-hybridized carbons (Fsp3) is 0.625. The number of fused-ring (bicyclic) bond motifs is 1. The van der Waals surface area contributed by atoms with Crippen molar-refractivity contribution < 1.29 is 14.6 Å². The van der Waals surface area contributed by atoms with Crippen molar-refractivity contribution in [2.75, 3.05) is 44.3 Å². The molecule has 2 aromatic heterocycles. The fourth-order valence-electron chi connectivity index (χ4n) is 5.51. The highest BCUT2D eigenvalue weighted by Crippen LogP contribution is 2.43. The van der Waals surface area contributed by atoms with Crippen molar-refractivity contribution in [2.24, 2.45) is 0 Å². The largest absolute Gasteiger partial charge is 0.387 e. The highest BCUT2D eigenvalue weighted by Gasteiger charge is 2.37. The molecule has 0 bridgehead atoms. The van der Waals surface area contributed by atoms with Crippen LogP contribution in [0.3, 0.4) is 0 Å². The van der Waals surface area contributed by atoms with Crippen molar-refractivity contribution in [3.8, 4) is 0 Å². The second kappa shape index (κ2) is 10.7. The third-order valence-electron chi connectivity index (χ3n) is 7.32. The molecule has 5 rings (SSSR count). The van der Waals surface area contributed by atoms with E-state index in [1.165, 1.54) is 0 Å². The topological polar surface area (TPSA) is 90.8 Å². The summed E-state index contributed by atoms with van der Waals surface area (Å²) in [6.45, 7) is 6.95. The Bertz CT molecular complexity index is 993. The molecule has 1 aliphatic carbocycles. The first-order valence-electron chi connectivity index (χ1n) is 12.1. The van der Waals surface area contributed by atoms with E-state index in [1.54, 1.807) is 17.7 Å². The van der Waals surface area contributed by atoms with E-state index in [4.69, 9.17) is 4.74 Å². The van der Waals surface area contributed by atoms with E-state index in [0.717, 1.165) is 84.3 Å². The average Bonchev–Trinajstić information content (AvgIpc) is 3.42. The summed E-state index contributed by atoms with van der Waals surface area (Å²) in [5.41, 5.74) is 1.87. The quantitative estimate of drug-likeness (QED) is 0.509. The molecule has 10 heteroatoms. The molecule has 4 atom stereocenters. The molecule has 2 aromatic rings. The monoisotopic (exact) mass is 549 g/mol. The van der Waals surface area contributed by atoms with Crippen LogP contribution in [0.25, 0.3) is 0 Å². The summed E-state index contributed by atoms with van der Waals surface area (Å²) < 4.78 is 6.59. The number of anilines is 1. The summed E-state index contributed by atoms with van der Waals surface area (Å²) in [4.78, 5) is 27.2. The molecular formula is C24H32BrN5O3S. The van der Waals surface area contributed by atoms with Crippen molar-refractivity contribution in [2.45, 2.75) is 56.3 Å². The first kappa shape index (κ1) is 24.3. The highest BCUT2D eigenvalue weighted by molar-refractivity contribution is 9.11. The number of piperazine rings is 1. The Balaban J connectivity index is 1.34. The predicted octanol–water partition coefficient (Wildman–Crippen LogP) is 3.04. The summed E-state index contributed by atoms with van der Waals surface area (Å²) in [5, 5.41) is 14.2. The smallest absolute Gasteiger partial charge is 0.135 e. The van der Waals surface area contributed by atoms with Gasteiger partial charge in [-0.1, -0.05) is 6.92 Å². The summed E-state index contributed by atoms with van der Waals surface area (Å²) in [7, 11) is 0. The predicted molar refractivity (Wildman–Crippen MR) is 135 cm³/mol. The van der Waals surface area contributed by atoms with Gasteiger partial charge in [0.15, 0.2) is 0 Å². The van der Waals surface area contributed by atoms with Crippen LogP contribution < -0.4 is 10.2 Å². The molecule has 8 nitrogen and oxygen atoms in total. The number of rotatable bonds is 7. The number of ether oxygens (including phenoxy) is 1. The highest BCUT2D eigenvalue weighted by atomic mass is 79.9. The number of nitrogens with zero attached hydrogens (tertiary/aromatic N) is 4. The minimum absolute atomic E-state index is 0.0647. The number of hydrogen-bond acceptors (Lipinski definition) is 9. The van der Waals surface area contributed by atoms with Gasteiger partial charge in [-0.05, 0) is 53.2 Å². The van der Waals surface area contributed by atoms with E-state index in [-0.39, 0.29) is 18.0 Å². The molecule has 2 fully saturated rings.